The number of hydrogen-bond acceptors (Lipinski definition) is 12. The third-order valence-corrected chi connectivity index (χ3v) is 10.3. The van der Waals surface area contributed by atoms with Gasteiger partial charge in [-0.1, -0.05) is 30.0 Å². The summed E-state index contributed by atoms with van der Waals surface area (Å²) in [6.07, 6.45) is 6.94. The Morgan fingerprint density at radius 2 is 1.83 bits per heavy atom. The van der Waals surface area contributed by atoms with Crippen LogP contribution >= 0.6 is 11.8 Å². The van der Waals surface area contributed by atoms with Crippen LogP contribution in [-0.2, 0) is 11.3 Å². The maximum atomic E-state index is 13.2. The highest BCUT2D eigenvalue weighted by Gasteiger charge is 2.23. The summed E-state index contributed by atoms with van der Waals surface area (Å²) in [4.78, 5) is 32.1. The Bertz CT molecular complexity index is 2360. The molecule has 3 aromatic carbocycles. The van der Waals surface area contributed by atoms with Gasteiger partial charge in [0.25, 0.3) is 5.91 Å². The number of nitrogens with zero attached hydrogens (tertiary/aromatic N) is 7. The quantitative estimate of drug-likeness (QED) is 0.103. The summed E-state index contributed by atoms with van der Waals surface area (Å²) < 4.78 is 18.9. The molecule has 0 spiro atoms. The maximum Gasteiger partial charge on any atom is 0.261 e. The number of amides is 1. The molecule has 0 bridgehead atoms. The van der Waals surface area contributed by atoms with Crippen LogP contribution in [0.3, 0.4) is 0 Å². The number of fused-ring (bicyclic) bond motifs is 3. The fourth-order valence-electron chi connectivity index (χ4n) is 6.43. The van der Waals surface area contributed by atoms with Crippen molar-refractivity contribution in [1.29, 1.82) is 5.26 Å². The standard InChI is InChI=1S/C38H35N9O4S/c1-45-12-14-46(15-13-45)28-6-5-25-17-24(3-4-26(25)19-28)18-27(22-39)36(48)42-8-2-11-47-30-7-9-41-35(40)34(30)44-38(47)52-33-21-32-31(50-23-51-32)20-29(33)37-43-10-16-49-37/h3-7,9-10,16-21H,2,8,11-15,23H2,1H3,(H2,40,41)(H,42,48)/b27-18+. The zero-order valence-corrected chi connectivity index (χ0v) is 29.2. The fourth-order valence-corrected chi connectivity index (χ4v) is 7.48. The van der Waals surface area contributed by atoms with E-state index in [1.54, 1.807) is 18.5 Å². The van der Waals surface area contributed by atoms with Crippen molar-refractivity contribution in [2.45, 2.75) is 23.0 Å². The molecule has 5 heterocycles. The Hall–Kier alpha value is -6.04. The lowest BCUT2D eigenvalue weighted by molar-refractivity contribution is -0.117. The first-order valence-corrected chi connectivity index (χ1v) is 17.7. The SMILES string of the molecule is CN1CCN(c2ccc3cc(/C=C(\C#N)C(=O)NCCCn4c(Sc5cc6c(cc5-c5ncco5)OCO6)nc5c(N)nccc54)ccc3c2)CC1. The number of imidazole rings is 1. The minimum atomic E-state index is -0.428. The number of rotatable bonds is 10. The monoisotopic (exact) mass is 713 g/mol. The number of likely N-dealkylation sites (N-methyl/N-ethyl adjacent to an activating group) is 1. The van der Waals surface area contributed by atoms with Crippen LogP contribution < -0.4 is 25.4 Å². The summed E-state index contributed by atoms with van der Waals surface area (Å²) in [6.45, 7) is 5.06. The van der Waals surface area contributed by atoms with Crippen LogP contribution in [-0.4, -0.2) is 76.9 Å². The second-order valence-electron chi connectivity index (χ2n) is 12.6. The second-order valence-corrected chi connectivity index (χ2v) is 13.6. The lowest BCUT2D eigenvalue weighted by Gasteiger charge is -2.34. The van der Waals surface area contributed by atoms with Crippen LogP contribution in [0.25, 0.3) is 39.3 Å². The van der Waals surface area contributed by atoms with Gasteiger partial charge in [0.1, 0.15) is 23.4 Å². The summed E-state index contributed by atoms with van der Waals surface area (Å²) in [5.41, 5.74) is 10.4. The van der Waals surface area contributed by atoms with E-state index in [2.05, 4.69) is 56.4 Å². The predicted octanol–water partition coefficient (Wildman–Crippen LogP) is 5.57. The summed E-state index contributed by atoms with van der Waals surface area (Å²) >= 11 is 1.41. The number of anilines is 2. The number of ether oxygens (including phenoxy) is 2. The molecule has 1 amide bonds. The van der Waals surface area contributed by atoms with Gasteiger partial charge in [0.2, 0.25) is 12.7 Å². The van der Waals surface area contributed by atoms with Crippen LogP contribution in [0.4, 0.5) is 11.5 Å². The first-order chi connectivity index (χ1) is 25.4. The first kappa shape index (κ1) is 33.1. The molecule has 262 valence electrons. The van der Waals surface area contributed by atoms with Crippen molar-refractivity contribution in [1.82, 2.24) is 29.7 Å². The molecule has 0 aliphatic carbocycles. The number of piperazine rings is 1. The summed E-state index contributed by atoms with van der Waals surface area (Å²) in [6, 6.07) is 20.1. The third kappa shape index (κ3) is 6.71. The van der Waals surface area contributed by atoms with Crippen molar-refractivity contribution in [3.63, 3.8) is 0 Å². The third-order valence-electron chi connectivity index (χ3n) is 9.24. The topological polar surface area (TPSA) is 161 Å². The van der Waals surface area contributed by atoms with Crippen molar-refractivity contribution in [3.05, 3.63) is 84.4 Å². The summed E-state index contributed by atoms with van der Waals surface area (Å²) in [5.74, 6) is 1.55. The fraction of sp³-hybridized carbons (Fsp3) is 0.237. The van der Waals surface area contributed by atoms with Crippen molar-refractivity contribution in [3.8, 4) is 29.0 Å². The van der Waals surface area contributed by atoms with Gasteiger partial charge in [0.05, 0.1) is 17.3 Å². The van der Waals surface area contributed by atoms with Gasteiger partial charge in [-0.05, 0) is 72.3 Å². The van der Waals surface area contributed by atoms with Crippen molar-refractivity contribution in [2.75, 3.05) is 57.2 Å². The van der Waals surface area contributed by atoms with Gasteiger partial charge in [0, 0.05) is 56.0 Å². The number of pyridine rings is 1. The number of carbonyl (C=O) groups is 1. The molecule has 1 saturated heterocycles. The Morgan fingerprint density at radius 1 is 1.02 bits per heavy atom. The van der Waals surface area contributed by atoms with Crippen LogP contribution in [0.15, 0.2) is 93.3 Å². The van der Waals surface area contributed by atoms with E-state index in [-0.39, 0.29) is 12.4 Å². The molecule has 0 saturated carbocycles. The lowest BCUT2D eigenvalue weighted by atomic mass is 10.0. The number of nitrogen functional groups attached to an aromatic ring is 1. The molecular weight excluding hydrogens is 679 g/mol. The number of nitrogens with one attached hydrogen (secondary N) is 1. The Morgan fingerprint density at radius 3 is 2.63 bits per heavy atom. The maximum absolute atomic E-state index is 13.2. The molecule has 0 radical (unpaired) electrons. The molecule has 3 N–H and O–H groups in total. The molecule has 52 heavy (non-hydrogen) atoms. The zero-order chi connectivity index (χ0) is 35.6. The van der Waals surface area contributed by atoms with E-state index in [9.17, 15) is 10.1 Å². The van der Waals surface area contributed by atoms with E-state index in [0.29, 0.717) is 53.4 Å². The molecule has 2 aliphatic heterocycles. The second kappa shape index (κ2) is 14.3. The van der Waals surface area contributed by atoms with E-state index in [4.69, 9.17) is 24.6 Å². The van der Waals surface area contributed by atoms with Crippen LogP contribution in [0.1, 0.15) is 12.0 Å². The normalized spacial score (nSPS) is 14.6. The van der Waals surface area contributed by atoms with Crippen molar-refractivity contribution < 1.29 is 18.7 Å². The van der Waals surface area contributed by atoms with Crippen LogP contribution in [0.5, 0.6) is 11.5 Å². The molecule has 6 aromatic rings. The highest BCUT2D eigenvalue weighted by Crippen LogP contribution is 2.44. The number of benzene rings is 3. The number of hydrogen-bond donors (Lipinski definition) is 2. The van der Waals surface area contributed by atoms with Gasteiger partial charge in [-0.2, -0.15) is 5.26 Å². The van der Waals surface area contributed by atoms with Gasteiger partial charge in [0.15, 0.2) is 22.5 Å². The highest BCUT2D eigenvalue weighted by atomic mass is 32.2. The number of aromatic nitrogens is 4. The molecule has 8 rings (SSSR count). The number of nitrogens with two attached hydrogens (primary N) is 1. The van der Waals surface area contributed by atoms with Gasteiger partial charge in [-0.25, -0.2) is 15.0 Å². The van der Waals surface area contributed by atoms with Gasteiger partial charge in [-0.3, -0.25) is 4.79 Å². The molecule has 0 unspecified atom stereocenters. The van der Waals surface area contributed by atoms with Gasteiger partial charge < -0.3 is 39.3 Å². The Labute approximate surface area is 303 Å². The largest absolute Gasteiger partial charge is 0.454 e. The highest BCUT2D eigenvalue weighted by molar-refractivity contribution is 7.99. The molecule has 13 nitrogen and oxygen atoms in total. The minimum Gasteiger partial charge on any atom is -0.454 e. The Balaban J connectivity index is 0.961. The first-order valence-electron chi connectivity index (χ1n) is 16.9. The average Bonchev–Trinajstić information content (AvgIpc) is 3.93. The average molecular weight is 714 g/mol. The van der Waals surface area contributed by atoms with Crippen LogP contribution in [0.2, 0.25) is 0 Å². The van der Waals surface area contributed by atoms with E-state index < -0.39 is 5.91 Å². The number of oxazole rings is 1. The number of carbonyl (C=O) groups excluding carboxylic acids is 1. The summed E-state index contributed by atoms with van der Waals surface area (Å²) in [7, 11) is 2.15. The van der Waals surface area contributed by atoms with E-state index in [0.717, 1.165) is 58.5 Å². The van der Waals surface area contributed by atoms with Gasteiger partial charge in [-0.15, -0.1) is 0 Å². The lowest BCUT2D eigenvalue weighted by Crippen LogP contribution is -2.44. The van der Waals surface area contributed by atoms with E-state index >= 15 is 0 Å². The van der Waals surface area contributed by atoms with Crippen LogP contribution in [0, 0.1) is 11.3 Å². The molecular formula is C38H35N9O4S. The zero-order valence-electron chi connectivity index (χ0n) is 28.4. The predicted molar refractivity (Wildman–Crippen MR) is 199 cm³/mol. The number of nitriles is 1. The smallest absolute Gasteiger partial charge is 0.261 e. The Kier molecular flexibility index (Phi) is 9.11. The molecule has 0 atom stereocenters. The summed E-state index contributed by atoms with van der Waals surface area (Å²) in [5, 5.41) is 15.6. The molecule has 3 aromatic heterocycles. The van der Waals surface area contributed by atoms with Crippen molar-refractivity contribution in [2.24, 2.45) is 0 Å². The van der Waals surface area contributed by atoms with E-state index in [1.165, 1.54) is 23.7 Å². The minimum absolute atomic E-state index is 0.0402. The molecule has 2 aliphatic rings. The van der Waals surface area contributed by atoms with Crippen molar-refractivity contribution >= 4 is 57.1 Å². The number of aryl methyl sites for hydroxylation is 1. The van der Waals surface area contributed by atoms with E-state index in [1.807, 2.05) is 41.0 Å². The molecule has 14 heteroatoms. The molecule has 1 fully saturated rings. The van der Waals surface area contributed by atoms with Gasteiger partial charge >= 0.3 is 0 Å².